The number of piperidine rings is 1. The van der Waals surface area contributed by atoms with Gasteiger partial charge in [0.2, 0.25) is 0 Å². The molecule has 2 aliphatic heterocycles. The molecule has 0 spiro atoms. The first-order valence-corrected chi connectivity index (χ1v) is 11.8. The van der Waals surface area contributed by atoms with Gasteiger partial charge in [0, 0.05) is 43.3 Å². The largest absolute Gasteiger partial charge is 0.466 e. The Balaban J connectivity index is 1.26. The molecule has 2 aromatic rings. The highest BCUT2D eigenvalue weighted by Crippen LogP contribution is 2.44. The fraction of sp³-hybridized carbons (Fsp3) is 0.522. The van der Waals surface area contributed by atoms with E-state index in [0.717, 1.165) is 36.2 Å². The van der Waals surface area contributed by atoms with Crippen LogP contribution in [0, 0.1) is 17.8 Å². The van der Waals surface area contributed by atoms with Gasteiger partial charge in [-0.25, -0.2) is 9.97 Å². The van der Waals surface area contributed by atoms with Gasteiger partial charge in [-0.2, -0.15) is 0 Å². The molecule has 3 aliphatic rings. The van der Waals surface area contributed by atoms with Crippen LogP contribution < -0.4 is 5.32 Å². The normalized spacial score (nSPS) is 25.0. The fourth-order valence-electron chi connectivity index (χ4n) is 5.36. The minimum atomic E-state index is -0.0190. The Hall–Kier alpha value is -2.12. The van der Waals surface area contributed by atoms with Gasteiger partial charge < -0.3 is 10.1 Å². The van der Waals surface area contributed by atoms with E-state index in [2.05, 4.69) is 38.4 Å². The first-order chi connectivity index (χ1) is 14.7. The third-order valence-electron chi connectivity index (χ3n) is 6.63. The number of rotatable bonds is 5. The predicted molar refractivity (Wildman–Crippen MR) is 117 cm³/mol. The average molecular weight is 425 g/mol. The van der Waals surface area contributed by atoms with Crippen molar-refractivity contribution in [3.8, 4) is 0 Å². The molecule has 1 aliphatic carbocycles. The minimum absolute atomic E-state index is 0.0190. The molecule has 1 unspecified atom stereocenters. The van der Waals surface area contributed by atoms with Gasteiger partial charge in [-0.05, 0) is 55.2 Å². The second-order valence-electron chi connectivity index (χ2n) is 8.59. The molecule has 1 saturated carbocycles. The highest BCUT2D eigenvalue weighted by molar-refractivity contribution is 7.99. The molecule has 5 rings (SSSR count). The Morgan fingerprint density at radius 3 is 2.83 bits per heavy atom. The number of aromatic nitrogens is 2. The summed E-state index contributed by atoms with van der Waals surface area (Å²) >= 11 is 1.67. The molecule has 1 aromatic heterocycles. The molecule has 7 heteroatoms. The van der Waals surface area contributed by atoms with E-state index in [1.807, 2.05) is 6.92 Å². The molecule has 30 heavy (non-hydrogen) atoms. The second-order valence-corrected chi connectivity index (χ2v) is 9.62. The molecule has 3 atom stereocenters. The van der Waals surface area contributed by atoms with Crippen LogP contribution in [0.15, 0.2) is 40.5 Å². The van der Waals surface area contributed by atoms with Crippen molar-refractivity contribution in [3.05, 3.63) is 36.2 Å². The highest BCUT2D eigenvalue weighted by Gasteiger charge is 2.40. The van der Waals surface area contributed by atoms with Crippen molar-refractivity contribution in [1.82, 2.24) is 14.9 Å². The number of carbonyl (C=O) groups is 1. The quantitative estimate of drug-likeness (QED) is 0.606. The SMILES string of the molecule is CCOC(=O)CC1[C@@H]2CCC[C@H]1CN(Cc1ccc3c(c1)Nc1nccnc1S3)C2. The van der Waals surface area contributed by atoms with Crippen molar-refractivity contribution in [2.75, 3.05) is 25.0 Å². The first kappa shape index (κ1) is 19.8. The van der Waals surface area contributed by atoms with Gasteiger partial charge in [-0.1, -0.05) is 24.2 Å². The van der Waals surface area contributed by atoms with Crippen molar-refractivity contribution in [3.63, 3.8) is 0 Å². The Kier molecular flexibility index (Phi) is 5.65. The van der Waals surface area contributed by atoms with Gasteiger partial charge in [0.25, 0.3) is 0 Å². The molecular formula is C23H28N4O2S. The number of benzene rings is 1. The van der Waals surface area contributed by atoms with Crippen molar-refractivity contribution in [1.29, 1.82) is 0 Å². The van der Waals surface area contributed by atoms with Crippen LogP contribution in [0.3, 0.4) is 0 Å². The summed E-state index contributed by atoms with van der Waals surface area (Å²) in [6.45, 7) is 5.47. The van der Waals surface area contributed by atoms with E-state index in [0.29, 0.717) is 30.8 Å². The summed E-state index contributed by atoms with van der Waals surface area (Å²) in [6, 6.07) is 6.67. The summed E-state index contributed by atoms with van der Waals surface area (Å²) in [5.41, 5.74) is 2.43. The van der Waals surface area contributed by atoms with E-state index < -0.39 is 0 Å². The van der Waals surface area contributed by atoms with E-state index >= 15 is 0 Å². The molecule has 6 nitrogen and oxygen atoms in total. The lowest BCUT2D eigenvalue weighted by Crippen LogP contribution is -2.48. The van der Waals surface area contributed by atoms with Gasteiger partial charge in [0.05, 0.1) is 12.3 Å². The van der Waals surface area contributed by atoms with Crippen LogP contribution in [0.2, 0.25) is 0 Å². The van der Waals surface area contributed by atoms with Crippen LogP contribution in [-0.4, -0.2) is 40.5 Å². The zero-order valence-electron chi connectivity index (χ0n) is 17.3. The van der Waals surface area contributed by atoms with Gasteiger partial charge in [-0.15, -0.1) is 0 Å². The molecule has 2 bridgehead atoms. The molecule has 1 saturated heterocycles. The van der Waals surface area contributed by atoms with E-state index in [1.54, 1.807) is 24.2 Å². The van der Waals surface area contributed by atoms with Crippen LogP contribution in [0.1, 0.15) is 38.2 Å². The predicted octanol–water partition coefficient (Wildman–Crippen LogP) is 4.49. The topological polar surface area (TPSA) is 67.3 Å². The lowest BCUT2D eigenvalue weighted by molar-refractivity contribution is -0.146. The minimum Gasteiger partial charge on any atom is -0.466 e. The van der Waals surface area contributed by atoms with Gasteiger partial charge >= 0.3 is 5.97 Å². The molecule has 0 amide bonds. The monoisotopic (exact) mass is 424 g/mol. The van der Waals surface area contributed by atoms with Crippen molar-refractivity contribution < 1.29 is 9.53 Å². The Labute approximate surface area is 181 Å². The van der Waals surface area contributed by atoms with Crippen LogP contribution in [0.25, 0.3) is 0 Å². The van der Waals surface area contributed by atoms with Crippen molar-refractivity contribution in [2.24, 2.45) is 17.8 Å². The van der Waals surface area contributed by atoms with Gasteiger partial charge in [0.1, 0.15) is 5.03 Å². The van der Waals surface area contributed by atoms with Crippen LogP contribution >= 0.6 is 11.8 Å². The van der Waals surface area contributed by atoms with E-state index in [9.17, 15) is 4.79 Å². The summed E-state index contributed by atoms with van der Waals surface area (Å²) in [5.74, 6) is 2.52. The van der Waals surface area contributed by atoms with Crippen molar-refractivity contribution >= 4 is 29.2 Å². The Morgan fingerprint density at radius 2 is 2.03 bits per heavy atom. The number of carbonyl (C=O) groups excluding carboxylic acids is 1. The number of ether oxygens (including phenoxy) is 1. The standard InChI is InChI=1S/C23H28N4O2S/c1-2-29-21(28)11-18-16-4-3-5-17(18)14-27(13-16)12-15-6-7-20-19(10-15)26-22-23(30-20)25-9-8-24-22/h6-10,16-18H,2-5,11-14H2,1H3,(H,24,26)/t16-,17+,18?. The zero-order chi connectivity index (χ0) is 20.5. The molecule has 158 valence electrons. The summed E-state index contributed by atoms with van der Waals surface area (Å²) in [4.78, 5) is 24.7. The number of hydrogen-bond donors (Lipinski definition) is 1. The maximum Gasteiger partial charge on any atom is 0.306 e. The Bertz CT molecular complexity index is 923. The van der Waals surface area contributed by atoms with Gasteiger partial charge in [0.15, 0.2) is 5.82 Å². The lowest BCUT2D eigenvalue weighted by atomic mass is 9.67. The Morgan fingerprint density at radius 1 is 1.23 bits per heavy atom. The smallest absolute Gasteiger partial charge is 0.306 e. The zero-order valence-corrected chi connectivity index (χ0v) is 18.2. The van der Waals surface area contributed by atoms with Crippen LogP contribution in [-0.2, 0) is 16.1 Å². The van der Waals surface area contributed by atoms with Crippen LogP contribution in [0.4, 0.5) is 11.5 Å². The van der Waals surface area contributed by atoms with Crippen LogP contribution in [0.5, 0.6) is 0 Å². The maximum atomic E-state index is 12.1. The number of likely N-dealkylation sites (tertiary alicyclic amines) is 1. The molecule has 0 radical (unpaired) electrons. The molecular weight excluding hydrogens is 396 g/mol. The van der Waals surface area contributed by atoms with E-state index in [4.69, 9.17) is 4.74 Å². The first-order valence-electron chi connectivity index (χ1n) is 11.0. The number of anilines is 2. The number of fused-ring (bicyclic) bond motifs is 4. The van der Waals surface area contributed by atoms with E-state index in [-0.39, 0.29) is 5.97 Å². The number of hydrogen-bond acceptors (Lipinski definition) is 7. The maximum absolute atomic E-state index is 12.1. The third kappa shape index (κ3) is 4.05. The summed E-state index contributed by atoms with van der Waals surface area (Å²) in [7, 11) is 0. The summed E-state index contributed by atoms with van der Waals surface area (Å²) in [5, 5.41) is 4.36. The summed E-state index contributed by atoms with van der Waals surface area (Å²) in [6.07, 6.45) is 7.81. The fourth-order valence-corrected chi connectivity index (χ4v) is 6.24. The molecule has 1 N–H and O–H groups in total. The molecule has 1 aromatic carbocycles. The lowest BCUT2D eigenvalue weighted by Gasteiger charge is -2.47. The third-order valence-corrected chi connectivity index (χ3v) is 7.70. The number of nitrogens with zero attached hydrogens (tertiary/aromatic N) is 3. The molecule has 2 fully saturated rings. The number of esters is 1. The second kappa shape index (κ2) is 8.55. The number of nitrogens with one attached hydrogen (secondary N) is 1. The van der Waals surface area contributed by atoms with Crippen molar-refractivity contribution in [2.45, 2.75) is 49.1 Å². The average Bonchev–Trinajstić information content (AvgIpc) is 2.73. The van der Waals surface area contributed by atoms with E-state index in [1.165, 1.54) is 29.7 Å². The van der Waals surface area contributed by atoms with Gasteiger partial charge in [-0.3, -0.25) is 9.69 Å². The summed E-state index contributed by atoms with van der Waals surface area (Å²) < 4.78 is 5.24. The molecule has 3 heterocycles. The highest BCUT2D eigenvalue weighted by atomic mass is 32.2.